The van der Waals surface area contributed by atoms with Crippen molar-refractivity contribution < 1.29 is 14.4 Å². The maximum Gasteiger partial charge on any atom is 0.156 e. The zero-order chi connectivity index (χ0) is 17.3. The second kappa shape index (κ2) is 5.00. The Morgan fingerprint density at radius 2 is 1.92 bits per heavy atom. The lowest BCUT2D eigenvalue weighted by molar-refractivity contribution is -0.146. The standard InChI is InChI=1S/C21H26O3/c1-12(22)16-6-7-17-15-5-4-13-10-14(23)8-9-20(13,2)19(15)18(24)11-21(16,17)3/h6-7,13,15,19H,4-5,8-11H2,1-3H3/t13?,15-,19+,20-,21+/m0/s1. The molecule has 3 nitrogen and oxygen atoms in total. The van der Waals surface area contributed by atoms with Gasteiger partial charge in [-0.1, -0.05) is 31.6 Å². The van der Waals surface area contributed by atoms with Gasteiger partial charge in [0, 0.05) is 36.2 Å². The van der Waals surface area contributed by atoms with E-state index >= 15 is 0 Å². The van der Waals surface area contributed by atoms with Gasteiger partial charge >= 0.3 is 0 Å². The SMILES string of the molecule is CC(=O)C1=CC=C2[C@@H]3CCC4CC(=O)CC[C@]4(C)[C@H]3C(=O)C[C@]12C. The second-order valence-electron chi connectivity index (χ2n) is 8.84. The summed E-state index contributed by atoms with van der Waals surface area (Å²) in [5, 5.41) is 0. The molecular formula is C21H26O3. The Hall–Kier alpha value is -1.51. The fourth-order valence-electron chi connectivity index (χ4n) is 6.39. The van der Waals surface area contributed by atoms with Crippen molar-refractivity contribution in [3.8, 4) is 0 Å². The summed E-state index contributed by atoms with van der Waals surface area (Å²) < 4.78 is 0. The number of hydrogen-bond donors (Lipinski definition) is 0. The first-order valence-corrected chi connectivity index (χ1v) is 9.25. The maximum atomic E-state index is 13.2. The molecule has 0 amide bonds. The number of fused-ring (bicyclic) bond motifs is 5. The Morgan fingerprint density at radius 1 is 1.17 bits per heavy atom. The highest BCUT2D eigenvalue weighted by Gasteiger charge is 2.60. The first-order valence-electron chi connectivity index (χ1n) is 9.25. The van der Waals surface area contributed by atoms with Crippen LogP contribution in [0.2, 0.25) is 0 Å². The van der Waals surface area contributed by atoms with Gasteiger partial charge in [-0.15, -0.1) is 0 Å². The van der Waals surface area contributed by atoms with E-state index in [1.807, 2.05) is 6.08 Å². The van der Waals surface area contributed by atoms with E-state index in [1.54, 1.807) is 6.92 Å². The molecule has 3 fully saturated rings. The number of carbonyl (C=O) groups is 3. The quantitative estimate of drug-likeness (QED) is 0.736. The number of Topliss-reactive ketones (excluding diaryl/α,β-unsaturated/α-hetero) is 3. The summed E-state index contributed by atoms with van der Waals surface area (Å²) in [4.78, 5) is 37.2. The predicted octanol–water partition coefficient (Wildman–Crippen LogP) is 3.82. The Morgan fingerprint density at radius 3 is 2.62 bits per heavy atom. The van der Waals surface area contributed by atoms with Gasteiger partial charge in [0.05, 0.1) is 0 Å². The van der Waals surface area contributed by atoms with Crippen molar-refractivity contribution in [3.63, 3.8) is 0 Å². The topological polar surface area (TPSA) is 51.2 Å². The minimum atomic E-state index is -0.391. The molecule has 1 unspecified atom stereocenters. The second-order valence-corrected chi connectivity index (χ2v) is 8.84. The molecule has 0 radical (unpaired) electrons. The van der Waals surface area contributed by atoms with Crippen LogP contribution in [0.5, 0.6) is 0 Å². The van der Waals surface area contributed by atoms with Crippen LogP contribution in [0, 0.1) is 28.6 Å². The number of hydrogen-bond acceptors (Lipinski definition) is 3. The summed E-state index contributed by atoms with van der Waals surface area (Å²) in [7, 11) is 0. The van der Waals surface area contributed by atoms with Gasteiger partial charge < -0.3 is 0 Å². The molecule has 3 heteroatoms. The van der Waals surface area contributed by atoms with Crippen LogP contribution in [-0.2, 0) is 14.4 Å². The molecule has 4 rings (SSSR count). The number of allylic oxidation sites excluding steroid dienone is 4. The fraction of sp³-hybridized carbons (Fsp3) is 0.667. The molecule has 0 aromatic carbocycles. The predicted molar refractivity (Wildman–Crippen MR) is 91.2 cm³/mol. The Labute approximate surface area is 143 Å². The number of carbonyl (C=O) groups excluding carboxylic acids is 3. The third-order valence-electron chi connectivity index (χ3n) is 7.60. The average molecular weight is 326 g/mol. The van der Waals surface area contributed by atoms with E-state index in [0.29, 0.717) is 36.7 Å². The van der Waals surface area contributed by atoms with E-state index in [-0.39, 0.29) is 23.0 Å². The third kappa shape index (κ3) is 1.93. The summed E-state index contributed by atoms with van der Waals surface area (Å²) in [6.45, 7) is 5.93. The third-order valence-corrected chi connectivity index (χ3v) is 7.60. The van der Waals surface area contributed by atoms with Gasteiger partial charge in [-0.2, -0.15) is 0 Å². The molecule has 5 atom stereocenters. The zero-order valence-corrected chi connectivity index (χ0v) is 14.9. The zero-order valence-electron chi connectivity index (χ0n) is 14.9. The van der Waals surface area contributed by atoms with Crippen molar-refractivity contribution >= 4 is 17.3 Å². The van der Waals surface area contributed by atoms with E-state index < -0.39 is 5.41 Å². The Kier molecular flexibility index (Phi) is 3.33. The lowest BCUT2D eigenvalue weighted by Gasteiger charge is -2.57. The van der Waals surface area contributed by atoms with E-state index in [0.717, 1.165) is 24.8 Å². The molecular weight excluding hydrogens is 300 g/mol. The van der Waals surface area contributed by atoms with Crippen LogP contribution in [0.15, 0.2) is 23.3 Å². The number of rotatable bonds is 1. The molecule has 3 saturated carbocycles. The maximum absolute atomic E-state index is 13.2. The normalized spacial score (nSPS) is 44.2. The molecule has 0 heterocycles. The Balaban J connectivity index is 1.73. The van der Waals surface area contributed by atoms with Crippen molar-refractivity contribution in [2.24, 2.45) is 28.6 Å². The van der Waals surface area contributed by atoms with Crippen molar-refractivity contribution in [2.75, 3.05) is 0 Å². The molecule has 0 spiro atoms. The van der Waals surface area contributed by atoms with Crippen LogP contribution in [0.1, 0.15) is 59.3 Å². The highest BCUT2D eigenvalue weighted by molar-refractivity contribution is 5.99. The first-order chi connectivity index (χ1) is 11.3. The minimum absolute atomic E-state index is 0.0309. The van der Waals surface area contributed by atoms with Gasteiger partial charge in [-0.25, -0.2) is 0 Å². The lowest BCUT2D eigenvalue weighted by Crippen LogP contribution is -2.55. The van der Waals surface area contributed by atoms with Crippen molar-refractivity contribution in [2.45, 2.75) is 59.3 Å². The molecule has 0 saturated heterocycles. The molecule has 0 aromatic heterocycles. The molecule has 0 N–H and O–H groups in total. The Bertz CT molecular complexity index is 713. The smallest absolute Gasteiger partial charge is 0.156 e. The highest BCUT2D eigenvalue weighted by Crippen LogP contribution is 2.63. The van der Waals surface area contributed by atoms with Crippen LogP contribution in [0.4, 0.5) is 0 Å². The van der Waals surface area contributed by atoms with Crippen molar-refractivity contribution in [3.05, 3.63) is 23.3 Å². The first kappa shape index (κ1) is 16.0. The van der Waals surface area contributed by atoms with Gasteiger partial charge in [0.25, 0.3) is 0 Å². The minimum Gasteiger partial charge on any atom is -0.300 e. The summed E-state index contributed by atoms with van der Waals surface area (Å²) in [6.07, 6.45) is 8.65. The largest absolute Gasteiger partial charge is 0.300 e. The van der Waals surface area contributed by atoms with Gasteiger partial charge in [0.15, 0.2) is 5.78 Å². The lowest BCUT2D eigenvalue weighted by atomic mass is 9.45. The number of ketones is 3. The molecule has 128 valence electrons. The van der Waals surface area contributed by atoms with E-state index in [2.05, 4.69) is 19.9 Å². The monoisotopic (exact) mass is 326 g/mol. The molecule has 24 heavy (non-hydrogen) atoms. The average Bonchev–Trinajstić information content (AvgIpc) is 2.84. The van der Waals surface area contributed by atoms with E-state index in [4.69, 9.17) is 0 Å². The van der Waals surface area contributed by atoms with Crippen molar-refractivity contribution in [1.82, 2.24) is 0 Å². The summed E-state index contributed by atoms with van der Waals surface area (Å²) in [6, 6.07) is 0. The summed E-state index contributed by atoms with van der Waals surface area (Å²) in [5.41, 5.74) is 1.66. The molecule has 4 aliphatic carbocycles. The van der Waals surface area contributed by atoms with Gasteiger partial charge in [0.2, 0.25) is 0 Å². The van der Waals surface area contributed by atoms with Gasteiger partial charge in [-0.3, -0.25) is 14.4 Å². The molecule has 0 aromatic rings. The van der Waals surface area contributed by atoms with Crippen LogP contribution in [0.25, 0.3) is 0 Å². The van der Waals surface area contributed by atoms with Crippen LogP contribution < -0.4 is 0 Å². The summed E-state index contributed by atoms with van der Waals surface area (Å²) >= 11 is 0. The van der Waals surface area contributed by atoms with Crippen molar-refractivity contribution in [1.29, 1.82) is 0 Å². The van der Waals surface area contributed by atoms with E-state index in [1.165, 1.54) is 5.57 Å². The fourth-order valence-corrected chi connectivity index (χ4v) is 6.39. The van der Waals surface area contributed by atoms with Gasteiger partial charge in [-0.05, 0) is 43.4 Å². The molecule has 0 bridgehead atoms. The molecule has 4 aliphatic rings. The van der Waals surface area contributed by atoms with Crippen LogP contribution in [0.3, 0.4) is 0 Å². The van der Waals surface area contributed by atoms with Crippen LogP contribution in [-0.4, -0.2) is 17.3 Å². The molecule has 0 aliphatic heterocycles. The summed E-state index contributed by atoms with van der Waals surface area (Å²) in [5.74, 6) is 1.40. The van der Waals surface area contributed by atoms with Crippen LogP contribution >= 0.6 is 0 Å². The highest BCUT2D eigenvalue weighted by atomic mass is 16.1. The van der Waals surface area contributed by atoms with E-state index in [9.17, 15) is 14.4 Å². The van der Waals surface area contributed by atoms with Gasteiger partial charge in [0.1, 0.15) is 11.6 Å².